The van der Waals surface area contributed by atoms with Crippen molar-refractivity contribution >= 4 is 0 Å². The first-order valence-electron chi connectivity index (χ1n) is 4.71. The average Bonchev–Trinajstić information content (AvgIpc) is 2.58. The average molecular weight is 176 g/mol. The summed E-state index contributed by atoms with van der Waals surface area (Å²) in [4.78, 5) is 0. The normalized spacial score (nSPS) is 35.3. The fourth-order valence-corrected chi connectivity index (χ4v) is 2.36. The first-order chi connectivity index (χ1) is 6.30. The number of fused-ring (bicyclic) bond motifs is 3. The van der Waals surface area contributed by atoms with Crippen LogP contribution in [0.5, 0.6) is 5.75 Å². The highest BCUT2D eigenvalue weighted by molar-refractivity contribution is 5.42. The Bertz CT molecular complexity index is 348. The minimum Gasteiger partial charge on any atom is -0.462 e. The van der Waals surface area contributed by atoms with Gasteiger partial charge in [-0.3, -0.25) is 0 Å². The lowest BCUT2D eigenvalue weighted by molar-refractivity contribution is -0.130. The molecule has 1 aromatic rings. The molecule has 1 fully saturated rings. The van der Waals surface area contributed by atoms with Crippen LogP contribution in [0.25, 0.3) is 0 Å². The lowest BCUT2D eigenvalue weighted by Gasteiger charge is -2.22. The first-order valence-corrected chi connectivity index (χ1v) is 4.71. The Labute approximate surface area is 77.5 Å². The van der Waals surface area contributed by atoms with Crippen molar-refractivity contribution in [3.63, 3.8) is 0 Å². The first kappa shape index (κ1) is 7.39. The predicted molar refractivity (Wildman–Crippen MR) is 48.8 cm³/mol. The molecular formula is C11H12O2. The third kappa shape index (κ3) is 0.866. The molecule has 1 saturated heterocycles. The van der Waals surface area contributed by atoms with Gasteiger partial charge in [0.05, 0.1) is 12.5 Å². The fraction of sp³-hybridized carbons (Fsp3) is 0.455. The van der Waals surface area contributed by atoms with Crippen LogP contribution in [-0.4, -0.2) is 12.4 Å². The Kier molecular flexibility index (Phi) is 1.29. The zero-order valence-corrected chi connectivity index (χ0v) is 7.62. The van der Waals surface area contributed by atoms with Crippen molar-refractivity contribution in [3.05, 3.63) is 29.8 Å². The van der Waals surface area contributed by atoms with E-state index in [1.54, 1.807) is 0 Å². The van der Waals surface area contributed by atoms with E-state index in [2.05, 4.69) is 12.1 Å². The summed E-state index contributed by atoms with van der Waals surface area (Å²) in [7, 11) is 0. The standard InChI is InChI=1S/C11H12O2/c1-11-9(6-7-12-11)8-4-2-3-5-10(8)13-11/h2-5,9H,6-7H2,1H3/t9-,11+/m0/s1. The van der Waals surface area contributed by atoms with Crippen LogP contribution in [0, 0.1) is 0 Å². The molecular weight excluding hydrogens is 164 g/mol. The van der Waals surface area contributed by atoms with E-state index in [1.165, 1.54) is 5.56 Å². The molecule has 2 atom stereocenters. The number of hydrogen-bond donors (Lipinski definition) is 0. The van der Waals surface area contributed by atoms with Gasteiger partial charge in [-0.2, -0.15) is 0 Å². The van der Waals surface area contributed by atoms with E-state index in [4.69, 9.17) is 9.47 Å². The largest absolute Gasteiger partial charge is 0.462 e. The molecule has 1 aromatic carbocycles. The second kappa shape index (κ2) is 2.26. The van der Waals surface area contributed by atoms with Crippen molar-refractivity contribution in [3.8, 4) is 5.75 Å². The maximum Gasteiger partial charge on any atom is 0.214 e. The van der Waals surface area contributed by atoms with Crippen molar-refractivity contribution in [2.24, 2.45) is 0 Å². The molecule has 0 aromatic heterocycles. The smallest absolute Gasteiger partial charge is 0.214 e. The summed E-state index contributed by atoms with van der Waals surface area (Å²) in [5, 5.41) is 0. The van der Waals surface area contributed by atoms with Gasteiger partial charge in [0, 0.05) is 12.5 Å². The second-order valence-electron chi connectivity index (χ2n) is 3.85. The van der Waals surface area contributed by atoms with E-state index in [9.17, 15) is 0 Å². The van der Waals surface area contributed by atoms with Gasteiger partial charge in [0.2, 0.25) is 5.79 Å². The monoisotopic (exact) mass is 176 g/mol. The third-order valence-corrected chi connectivity index (χ3v) is 3.04. The molecule has 0 unspecified atom stereocenters. The maximum absolute atomic E-state index is 5.80. The van der Waals surface area contributed by atoms with E-state index in [1.807, 2.05) is 19.1 Å². The van der Waals surface area contributed by atoms with Crippen molar-refractivity contribution in [1.29, 1.82) is 0 Å². The highest BCUT2D eigenvalue weighted by Gasteiger charge is 2.49. The minimum atomic E-state index is -0.385. The van der Waals surface area contributed by atoms with Crippen LogP contribution >= 0.6 is 0 Å². The number of ether oxygens (including phenoxy) is 2. The molecule has 2 aliphatic heterocycles. The number of benzene rings is 1. The highest BCUT2D eigenvalue weighted by atomic mass is 16.7. The molecule has 0 radical (unpaired) electrons. The van der Waals surface area contributed by atoms with Crippen LogP contribution in [0.4, 0.5) is 0 Å². The molecule has 0 spiro atoms. The van der Waals surface area contributed by atoms with Gasteiger partial charge in [0.25, 0.3) is 0 Å². The van der Waals surface area contributed by atoms with Crippen LogP contribution in [0.1, 0.15) is 24.8 Å². The summed E-state index contributed by atoms with van der Waals surface area (Å²) in [6.07, 6.45) is 1.08. The third-order valence-electron chi connectivity index (χ3n) is 3.04. The van der Waals surface area contributed by atoms with Gasteiger partial charge in [-0.15, -0.1) is 0 Å². The second-order valence-corrected chi connectivity index (χ2v) is 3.85. The molecule has 0 aliphatic carbocycles. The van der Waals surface area contributed by atoms with Crippen molar-refractivity contribution in [2.75, 3.05) is 6.61 Å². The Morgan fingerprint density at radius 2 is 2.23 bits per heavy atom. The topological polar surface area (TPSA) is 18.5 Å². The molecule has 2 nitrogen and oxygen atoms in total. The fourth-order valence-electron chi connectivity index (χ4n) is 2.36. The Hall–Kier alpha value is -1.02. The molecule has 2 heteroatoms. The lowest BCUT2D eigenvalue weighted by Crippen LogP contribution is -2.31. The van der Waals surface area contributed by atoms with Gasteiger partial charge in [-0.05, 0) is 12.5 Å². The van der Waals surface area contributed by atoms with E-state index in [0.717, 1.165) is 18.8 Å². The summed E-state index contributed by atoms with van der Waals surface area (Å²) in [6.45, 7) is 2.85. The van der Waals surface area contributed by atoms with Gasteiger partial charge in [-0.1, -0.05) is 18.2 Å². The zero-order chi connectivity index (χ0) is 8.89. The molecule has 3 rings (SSSR count). The number of rotatable bonds is 0. The lowest BCUT2D eigenvalue weighted by atomic mass is 9.93. The van der Waals surface area contributed by atoms with Crippen molar-refractivity contribution < 1.29 is 9.47 Å². The SMILES string of the molecule is C[C@]12OCC[C@H]1c1ccccc1O2. The molecule has 2 aliphatic rings. The van der Waals surface area contributed by atoms with Gasteiger partial charge in [0.15, 0.2) is 0 Å². The quantitative estimate of drug-likeness (QED) is 0.604. The van der Waals surface area contributed by atoms with Crippen molar-refractivity contribution in [1.82, 2.24) is 0 Å². The minimum absolute atomic E-state index is 0.385. The summed E-state index contributed by atoms with van der Waals surface area (Å²) in [6, 6.07) is 8.22. The molecule has 0 bridgehead atoms. The maximum atomic E-state index is 5.80. The Morgan fingerprint density at radius 1 is 1.38 bits per heavy atom. The molecule has 0 saturated carbocycles. The van der Waals surface area contributed by atoms with Crippen LogP contribution in [0.2, 0.25) is 0 Å². The Morgan fingerprint density at radius 3 is 3.15 bits per heavy atom. The van der Waals surface area contributed by atoms with Crippen LogP contribution in [0.3, 0.4) is 0 Å². The predicted octanol–water partition coefficient (Wildman–Crippen LogP) is 2.30. The summed E-state index contributed by atoms with van der Waals surface area (Å²) in [5.74, 6) is 1.04. The zero-order valence-electron chi connectivity index (χ0n) is 7.62. The van der Waals surface area contributed by atoms with E-state index >= 15 is 0 Å². The van der Waals surface area contributed by atoms with E-state index in [-0.39, 0.29) is 5.79 Å². The van der Waals surface area contributed by atoms with Gasteiger partial charge in [-0.25, -0.2) is 0 Å². The highest BCUT2D eigenvalue weighted by Crippen LogP contribution is 2.50. The molecule has 13 heavy (non-hydrogen) atoms. The summed E-state index contributed by atoms with van der Waals surface area (Å²) >= 11 is 0. The number of para-hydroxylation sites is 1. The molecule has 68 valence electrons. The summed E-state index contributed by atoms with van der Waals surface area (Å²) in [5.41, 5.74) is 1.31. The van der Waals surface area contributed by atoms with Gasteiger partial charge in [0.1, 0.15) is 5.75 Å². The molecule has 2 heterocycles. The van der Waals surface area contributed by atoms with E-state index in [0.29, 0.717) is 5.92 Å². The number of hydrogen-bond acceptors (Lipinski definition) is 2. The Balaban J connectivity index is 2.13. The van der Waals surface area contributed by atoms with E-state index < -0.39 is 0 Å². The van der Waals surface area contributed by atoms with Gasteiger partial charge >= 0.3 is 0 Å². The van der Waals surface area contributed by atoms with Crippen molar-refractivity contribution in [2.45, 2.75) is 25.0 Å². The van der Waals surface area contributed by atoms with Crippen LogP contribution in [0.15, 0.2) is 24.3 Å². The van der Waals surface area contributed by atoms with Crippen LogP contribution in [-0.2, 0) is 4.74 Å². The molecule has 0 N–H and O–H groups in total. The van der Waals surface area contributed by atoms with Crippen LogP contribution < -0.4 is 4.74 Å². The van der Waals surface area contributed by atoms with Gasteiger partial charge < -0.3 is 9.47 Å². The molecule has 0 amide bonds. The summed E-state index contributed by atoms with van der Waals surface area (Å²) < 4.78 is 11.4.